The van der Waals surface area contributed by atoms with Crippen molar-refractivity contribution in [3.63, 3.8) is 0 Å². The van der Waals surface area contributed by atoms with E-state index in [0.29, 0.717) is 34.9 Å². The number of rotatable bonds is 8. The van der Waals surface area contributed by atoms with E-state index in [1.54, 1.807) is 51.1 Å². The number of nitrogens with one attached hydrogen (secondary N) is 3. The van der Waals surface area contributed by atoms with Crippen molar-refractivity contribution in [2.45, 2.75) is 27.2 Å². The largest absolute Gasteiger partial charge is 0.466 e. The second kappa shape index (κ2) is 8.72. The number of anilines is 2. The van der Waals surface area contributed by atoms with Crippen molar-refractivity contribution < 1.29 is 22.4 Å². The number of hydrogen-bond acceptors (Lipinski definition) is 5. The molecule has 27 heavy (non-hydrogen) atoms. The van der Waals surface area contributed by atoms with Crippen LogP contribution in [-0.4, -0.2) is 32.5 Å². The highest BCUT2D eigenvalue weighted by molar-refractivity contribution is 7.92. The Morgan fingerprint density at radius 1 is 1.07 bits per heavy atom. The molecule has 0 bridgehead atoms. The first-order valence-corrected chi connectivity index (χ1v) is 10.1. The van der Waals surface area contributed by atoms with Gasteiger partial charge in [0.2, 0.25) is 15.9 Å². The van der Waals surface area contributed by atoms with Gasteiger partial charge in [-0.25, -0.2) is 8.42 Å². The van der Waals surface area contributed by atoms with Gasteiger partial charge in [0.05, 0.1) is 17.9 Å². The lowest BCUT2D eigenvalue weighted by atomic mass is 10.2. The molecule has 0 unspecified atom stereocenters. The number of carbonyl (C=O) groups excluding carboxylic acids is 2. The third-order valence-electron chi connectivity index (χ3n) is 3.61. The highest BCUT2D eigenvalue weighted by atomic mass is 32.2. The fourth-order valence-electron chi connectivity index (χ4n) is 2.44. The van der Waals surface area contributed by atoms with E-state index in [4.69, 9.17) is 4.42 Å². The van der Waals surface area contributed by atoms with Gasteiger partial charge in [-0.1, -0.05) is 6.92 Å². The molecule has 2 amide bonds. The third kappa shape index (κ3) is 6.14. The number of carbonyl (C=O) groups is 2. The first-order chi connectivity index (χ1) is 12.7. The Labute approximate surface area is 158 Å². The molecule has 0 radical (unpaired) electrons. The highest BCUT2D eigenvalue weighted by Gasteiger charge is 2.14. The quantitative estimate of drug-likeness (QED) is 0.637. The van der Waals surface area contributed by atoms with Gasteiger partial charge in [0.1, 0.15) is 11.5 Å². The second-order valence-electron chi connectivity index (χ2n) is 6.06. The summed E-state index contributed by atoms with van der Waals surface area (Å²) in [6, 6.07) is 7.87. The van der Waals surface area contributed by atoms with Crippen LogP contribution in [0.15, 0.2) is 34.7 Å². The Morgan fingerprint density at radius 3 is 2.26 bits per heavy atom. The average Bonchev–Trinajstić information content (AvgIpc) is 2.92. The number of benzene rings is 1. The Morgan fingerprint density at radius 2 is 1.70 bits per heavy atom. The first kappa shape index (κ1) is 20.5. The minimum Gasteiger partial charge on any atom is -0.466 e. The molecule has 0 aliphatic carbocycles. The Balaban J connectivity index is 1.87. The molecule has 1 heterocycles. The molecular formula is C18H23N3O5S. The Bertz CT molecular complexity index is 917. The lowest BCUT2D eigenvalue weighted by Crippen LogP contribution is -2.32. The summed E-state index contributed by atoms with van der Waals surface area (Å²) in [5.74, 6) is 0.366. The maximum absolute atomic E-state index is 12.1. The molecule has 0 aliphatic rings. The molecule has 9 heteroatoms. The van der Waals surface area contributed by atoms with E-state index >= 15 is 0 Å². The van der Waals surface area contributed by atoms with Crippen molar-refractivity contribution in [1.29, 1.82) is 0 Å². The summed E-state index contributed by atoms with van der Waals surface area (Å²) in [6.45, 7) is 5.00. The van der Waals surface area contributed by atoms with Crippen LogP contribution in [0.2, 0.25) is 0 Å². The number of furan rings is 1. The van der Waals surface area contributed by atoms with Gasteiger partial charge >= 0.3 is 0 Å². The number of aryl methyl sites for hydroxylation is 2. The van der Waals surface area contributed by atoms with Crippen molar-refractivity contribution in [3.05, 3.63) is 47.4 Å². The van der Waals surface area contributed by atoms with Gasteiger partial charge in [-0.05, 0) is 50.6 Å². The smallest absolute Gasteiger partial charge is 0.255 e. The molecule has 2 aromatic rings. The zero-order valence-electron chi connectivity index (χ0n) is 15.5. The SMILES string of the molecule is CCCS(=O)(=O)Nc1ccc(NC(=O)CNC(=O)c2cc(C)oc2C)cc1. The van der Waals surface area contributed by atoms with Crippen molar-refractivity contribution in [1.82, 2.24) is 5.32 Å². The summed E-state index contributed by atoms with van der Waals surface area (Å²) in [6.07, 6.45) is 0.521. The van der Waals surface area contributed by atoms with Gasteiger partial charge in [0.15, 0.2) is 0 Å². The zero-order valence-corrected chi connectivity index (χ0v) is 16.3. The Kier molecular flexibility index (Phi) is 6.62. The van der Waals surface area contributed by atoms with Gasteiger partial charge in [-0.2, -0.15) is 0 Å². The van der Waals surface area contributed by atoms with Crippen molar-refractivity contribution >= 4 is 33.2 Å². The lowest BCUT2D eigenvalue weighted by molar-refractivity contribution is -0.115. The summed E-state index contributed by atoms with van der Waals surface area (Å²) in [5, 5.41) is 5.16. The van der Waals surface area contributed by atoms with Crippen LogP contribution < -0.4 is 15.4 Å². The van der Waals surface area contributed by atoms with Crippen LogP contribution in [0.25, 0.3) is 0 Å². The van der Waals surface area contributed by atoms with Crippen LogP contribution >= 0.6 is 0 Å². The van der Waals surface area contributed by atoms with E-state index in [-0.39, 0.29) is 18.2 Å². The molecule has 146 valence electrons. The fourth-order valence-corrected chi connectivity index (χ4v) is 3.57. The van der Waals surface area contributed by atoms with Crippen molar-refractivity contribution in [2.24, 2.45) is 0 Å². The van der Waals surface area contributed by atoms with E-state index in [0.717, 1.165) is 0 Å². The summed E-state index contributed by atoms with van der Waals surface area (Å²) in [4.78, 5) is 24.0. The Hall–Kier alpha value is -2.81. The molecule has 3 N–H and O–H groups in total. The van der Waals surface area contributed by atoms with Gasteiger partial charge in [-0.3, -0.25) is 14.3 Å². The van der Waals surface area contributed by atoms with Gasteiger partial charge in [0, 0.05) is 11.4 Å². The molecular weight excluding hydrogens is 370 g/mol. The normalized spacial score (nSPS) is 11.1. The van der Waals surface area contributed by atoms with Gasteiger partial charge in [-0.15, -0.1) is 0 Å². The molecule has 8 nitrogen and oxygen atoms in total. The van der Waals surface area contributed by atoms with Crippen LogP contribution in [0, 0.1) is 13.8 Å². The molecule has 0 atom stereocenters. The summed E-state index contributed by atoms with van der Waals surface area (Å²) >= 11 is 0. The molecule has 0 spiro atoms. The minimum atomic E-state index is -3.36. The maximum Gasteiger partial charge on any atom is 0.255 e. The van der Waals surface area contributed by atoms with Crippen LogP contribution in [0.1, 0.15) is 35.2 Å². The first-order valence-electron chi connectivity index (χ1n) is 8.46. The standard InChI is InChI=1S/C18H23N3O5S/c1-4-9-27(24,25)21-15-7-5-14(6-8-15)20-17(22)11-19-18(23)16-10-12(2)26-13(16)3/h5-8,10,21H,4,9,11H2,1-3H3,(H,19,23)(H,20,22). The van der Waals surface area contributed by atoms with Crippen LogP contribution in [0.4, 0.5) is 11.4 Å². The summed E-state index contributed by atoms with van der Waals surface area (Å²) in [5.41, 5.74) is 1.30. The van der Waals surface area contributed by atoms with E-state index in [1.807, 2.05) is 0 Å². The number of sulfonamides is 1. The van der Waals surface area contributed by atoms with Crippen LogP contribution in [0.5, 0.6) is 0 Å². The van der Waals surface area contributed by atoms with Crippen molar-refractivity contribution in [2.75, 3.05) is 22.3 Å². The summed E-state index contributed by atoms with van der Waals surface area (Å²) < 4.78 is 31.2. The van der Waals surface area contributed by atoms with E-state index in [9.17, 15) is 18.0 Å². The molecule has 0 saturated heterocycles. The number of amides is 2. The molecule has 0 aliphatic heterocycles. The molecule has 1 aromatic heterocycles. The molecule has 1 aromatic carbocycles. The van der Waals surface area contributed by atoms with E-state index in [2.05, 4.69) is 15.4 Å². The maximum atomic E-state index is 12.1. The van der Waals surface area contributed by atoms with Crippen molar-refractivity contribution in [3.8, 4) is 0 Å². The second-order valence-corrected chi connectivity index (χ2v) is 7.90. The highest BCUT2D eigenvalue weighted by Crippen LogP contribution is 2.15. The molecule has 0 saturated carbocycles. The predicted octanol–water partition coefficient (Wildman–Crippen LogP) is 2.42. The third-order valence-corrected chi connectivity index (χ3v) is 5.10. The molecule has 2 rings (SSSR count). The monoisotopic (exact) mass is 393 g/mol. The van der Waals surface area contributed by atoms with Gasteiger partial charge in [0.25, 0.3) is 5.91 Å². The minimum absolute atomic E-state index is 0.0425. The number of hydrogen-bond donors (Lipinski definition) is 3. The fraction of sp³-hybridized carbons (Fsp3) is 0.333. The summed E-state index contributed by atoms with van der Waals surface area (Å²) in [7, 11) is -3.36. The van der Waals surface area contributed by atoms with E-state index < -0.39 is 15.9 Å². The predicted molar refractivity (Wildman–Crippen MR) is 103 cm³/mol. The van der Waals surface area contributed by atoms with Gasteiger partial charge < -0.3 is 15.1 Å². The lowest BCUT2D eigenvalue weighted by Gasteiger charge is -2.09. The van der Waals surface area contributed by atoms with Crippen LogP contribution in [0.3, 0.4) is 0 Å². The van der Waals surface area contributed by atoms with E-state index in [1.165, 1.54) is 0 Å². The average molecular weight is 393 g/mol. The topological polar surface area (TPSA) is 118 Å². The zero-order chi connectivity index (χ0) is 20.0. The van der Waals surface area contributed by atoms with Crippen LogP contribution in [-0.2, 0) is 14.8 Å². The molecule has 0 fully saturated rings.